The minimum absolute atomic E-state index is 0.0568. The summed E-state index contributed by atoms with van der Waals surface area (Å²) >= 11 is 1.48. The Morgan fingerprint density at radius 2 is 1.64 bits per heavy atom. The number of piperazine rings is 1. The summed E-state index contributed by atoms with van der Waals surface area (Å²) in [5.41, 5.74) is 1.50. The van der Waals surface area contributed by atoms with Gasteiger partial charge in [-0.2, -0.15) is 0 Å². The van der Waals surface area contributed by atoms with E-state index in [1.165, 1.54) is 11.3 Å². The van der Waals surface area contributed by atoms with Crippen LogP contribution in [0, 0.1) is 0 Å². The Kier molecular flexibility index (Phi) is 5.99. The van der Waals surface area contributed by atoms with Crippen LogP contribution in [0.25, 0.3) is 10.6 Å². The smallest absolute Gasteiger partial charge is 0.273 e. The number of hydrogen-bond donors (Lipinski definition) is 0. The summed E-state index contributed by atoms with van der Waals surface area (Å²) in [7, 11) is 0. The van der Waals surface area contributed by atoms with Crippen molar-refractivity contribution >= 4 is 23.2 Å². The van der Waals surface area contributed by atoms with Crippen LogP contribution in [0.15, 0.2) is 35.7 Å². The monoisotopic (exact) mass is 400 g/mol. The standard InChI is InChI=1S/C20H24N4O3S/c25-18(14-22-10-12-27-13-11-22)23-6-8-24(9-7-23)20(26)17-15-28-19(21-17)16-4-2-1-3-5-16/h1-5,15H,6-14H2. The van der Waals surface area contributed by atoms with Gasteiger partial charge >= 0.3 is 0 Å². The summed E-state index contributed by atoms with van der Waals surface area (Å²) in [5, 5.41) is 2.67. The highest BCUT2D eigenvalue weighted by molar-refractivity contribution is 7.13. The summed E-state index contributed by atoms with van der Waals surface area (Å²) in [5.74, 6) is 0.0766. The Morgan fingerprint density at radius 3 is 2.36 bits per heavy atom. The van der Waals surface area contributed by atoms with E-state index in [0.717, 1.165) is 23.7 Å². The maximum absolute atomic E-state index is 12.8. The highest BCUT2D eigenvalue weighted by Crippen LogP contribution is 2.24. The fourth-order valence-corrected chi connectivity index (χ4v) is 4.26. The molecule has 8 heteroatoms. The van der Waals surface area contributed by atoms with Gasteiger partial charge < -0.3 is 14.5 Å². The van der Waals surface area contributed by atoms with Gasteiger partial charge in [-0.25, -0.2) is 4.98 Å². The molecule has 4 rings (SSSR count). The van der Waals surface area contributed by atoms with Crippen LogP contribution in [0.1, 0.15) is 10.5 Å². The summed E-state index contributed by atoms with van der Waals surface area (Å²) in [6, 6.07) is 9.87. The van der Waals surface area contributed by atoms with E-state index in [9.17, 15) is 9.59 Å². The number of carbonyl (C=O) groups excluding carboxylic acids is 2. The molecule has 148 valence electrons. The fourth-order valence-electron chi connectivity index (χ4n) is 3.46. The van der Waals surface area contributed by atoms with Gasteiger partial charge in [-0.15, -0.1) is 11.3 Å². The van der Waals surface area contributed by atoms with E-state index in [1.807, 2.05) is 40.6 Å². The second kappa shape index (κ2) is 8.81. The van der Waals surface area contributed by atoms with Gasteiger partial charge in [0.15, 0.2) is 0 Å². The maximum Gasteiger partial charge on any atom is 0.273 e. The van der Waals surface area contributed by atoms with Crippen molar-refractivity contribution in [1.82, 2.24) is 19.7 Å². The van der Waals surface area contributed by atoms with Gasteiger partial charge in [0.05, 0.1) is 19.8 Å². The molecule has 2 aliphatic heterocycles. The number of benzene rings is 1. The van der Waals surface area contributed by atoms with Gasteiger partial charge in [0.25, 0.3) is 5.91 Å². The molecule has 7 nitrogen and oxygen atoms in total. The van der Waals surface area contributed by atoms with Crippen LogP contribution < -0.4 is 0 Å². The molecule has 0 bridgehead atoms. The van der Waals surface area contributed by atoms with Crippen LogP contribution in [-0.2, 0) is 9.53 Å². The average Bonchev–Trinajstić information content (AvgIpc) is 3.25. The predicted octanol–water partition coefficient (Wildman–Crippen LogP) is 1.43. The zero-order valence-electron chi connectivity index (χ0n) is 15.7. The average molecular weight is 401 g/mol. The molecule has 0 unspecified atom stereocenters. The lowest BCUT2D eigenvalue weighted by atomic mass is 10.2. The highest BCUT2D eigenvalue weighted by atomic mass is 32.1. The van der Waals surface area contributed by atoms with E-state index in [4.69, 9.17) is 4.74 Å². The van der Waals surface area contributed by atoms with Crippen molar-refractivity contribution in [1.29, 1.82) is 0 Å². The minimum Gasteiger partial charge on any atom is -0.379 e. The second-order valence-electron chi connectivity index (χ2n) is 6.97. The molecule has 0 spiro atoms. The van der Waals surface area contributed by atoms with Gasteiger partial charge in [0, 0.05) is 50.2 Å². The molecule has 1 aromatic carbocycles. The van der Waals surface area contributed by atoms with Crippen LogP contribution in [-0.4, -0.2) is 90.5 Å². The second-order valence-corrected chi connectivity index (χ2v) is 7.82. The molecule has 28 heavy (non-hydrogen) atoms. The molecule has 0 saturated carbocycles. The lowest BCUT2D eigenvalue weighted by Gasteiger charge is -2.36. The number of thiazole rings is 1. The number of aromatic nitrogens is 1. The van der Waals surface area contributed by atoms with Gasteiger partial charge in [0.1, 0.15) is 10.7 Å². The first-order valence-corrected chi connectivity index (χ1v) is 10.5. The first-order valence-electron chi connectivity index (χ1n) is 9.59. The van der Waals surface area contributed by atoms with E-state index in [1.54, 1.807) is 4.90 Å². The van der Waals surface area contributed by atoms with Crippen LogP contribution in [0.3, 0.4) is 0 Å². The van der Waals surface area contributed by atoms with E-state index in [0.29, 0.717) is 51.6 Å². The third-order valence-corrected chi connectivity index (χ3v) is 6.02. The molecule has 1 aromatic heterocycles. The van der Waals surface area contributed by atoms with Crippen molar-refractivity contribution in [3.8, 4) is 10.6 Å². The maximum atomic E-state index is 12.8. The molecule has 2 aliphatic rings. The Balaban J connectivity index is 1.30. The van der Waals surface area contributed by atoms with Crippen molar-refractivity contribution in [2.24, 2.45) is 0 Å². The Hall–Kier alpha value is -2.29. The summed E-state index contributed by atoms with van der Waals surface area (Å²) in [6.45, 7) is 5.66. The molecule has 0 atom stereocenters. The zero-order chi connectivity index (χ0) is 19.3. The van der Waals surface area contributed by atoms with E-state index in [2.05, 4.69) is 9.88 Å². The van der Waals surface area contributed by atoms with Gasteiger partial charge in [-0.3, -0.25) is 14.5 Å². The molecule has 0 aliphatic carbocycles. The van der Waals surface area contributed by atoms with Crippen molar-refractivity contribution in [2.75, 3.05) is 59.0 Å². The van der Waals surface area contributed by atoms with Gasteiger partial charge in [-0.1, -0.05) is 30.3 Å². The highest BCUT2D eigenvalue weighted by Gasteiger charge is 2.27. The number of nitrogens with zero attached hydrogens (tertiary/aromatic N) is 4. The molecule has 0 N–H and O–H groups in total. The summed E-state index contributed by atoms with van der Waals surface area (Å²) in [6.07, 6.45) is 0. The fraction of sp³-hybridized carbons (Fsp3) is 0.450. The normalized spacial score (nSPS) is 18.3. The van der Waals surface area contributed by atoms with Crippen molar-refractivity contribution in [2.45, 2.75) is 0 Å². The molecule has 3 heterocycles. The summed E-state index contributed by atoms with van der Waals surface area (Å²) < 4.78 is 5.32. The third-order valence-electron chi connectivity index (χ3n) is 5.13. The number of morpholine rings is 1. The van der Waals surface area contributed by atoms with Gasteiger partial charge in [-0.05, 0) is 0 Å². The number of ether oxygens (including phenoxy) is 1. The Morgan fingerprint density at radius 1 is 0.964 bits per heavy atom. The van der Waals surface area contributed by atoms with Crippen molar-refractivity contribution in [3.05, 3.63) is 41.4 Å². The number of amides is 2. The zero-order valence-corrected chi connectivity index (χ0v) is 16.6. The lowest BCUT2D eigenvalue weighted by Crippen LogP contribution is -2.53. The molecular formula is C20H24N4O3S. The molecule has 2 fully saturated rings. The van der Waals surface area contributed by atoms with E-state index >= 15 is 0 Å². The van der Waals surface area contributed by atoms with Gasteiger partial charge in [0.2, 0.25) is 5.91 Å². The topological polar surface area (TPSA) is 66.0 Å². The molecule has 2 saturated heterocycles. The predicted molar refractivity (Wildman–Crippen MR) is 107 cm³/mol. The minimum atomic E-state index is -0.0568. The molecule has 2 aromatic rings. The lowest BCUT2D eigenvalue weighted by molar-refractivity contribution is -0.134. The molecular weight excluding hydrogens is 376 g/mol. The first-order chi connectivity index (χ1) is 13.7. The van der Waals surface area contributed by atoms with Crippen molar-refractivity contribution < 1.29 is 14.3 Å². The number of hydrogen-bond acceptors (Lipinski definition) is 6. The summed E-state index contributed by atoms with van der Waals surface area (Å²) in [4.78, 5) is 35.6. The van der Waals surface area contributed by atoms with E-state index in [-0.39, 0.29) is 11.8 Å². The number of rotatable bonds is 4. The van der Waals surface area contributed by atoms with Crippen LogP contribution >= 0.6 is 11.3 Å². The molecule has 0 radical (unpaired) electrons. The first kappa shape index (κ1) is 19.0. The SMILES string of the molecule is O=C(CN1CCOCC1)N1CCN(C(=O)c2csc(-c3ccccc3)n2)CC1. The Bertz CT molecular complexity index is 812. The third kappa shape index (κ3) is 4.40. The number of carbonyl (C=O) groups is 2. The van der Waals surface area contributed by atoms with Crippen molar-refractivity contribution in [3.63, 3.8) is 0 Å². The van der Waals surface area contributed by atoms with Crippen LogP contribution in [0.2, 0.25) is 0 Å². The van der Waals surface area contributed by atoms with Crippen LogP contribution in [0.4, 0.5) is 0 Å². The van der Waals surface area contributed by atoms with Crippen LogP contribution in [0.5, 0.6) is 0 Å². The largest absolute Gasteiger partial charge is 0.379 e. The molecule has 2 amide bonds. The van der Waals surface area contributed by atoms with E-state index < -0.39 is 0 Å². The Labute approximate surface area is 168 Å². The quantitative estimate of drug-likeness (QED) is 0.777.